The lowest BCUT2D eigenvalue weighted by Crippen LogP contribution is -2.50. The molecule has 0 N–H and O–H groups in total. The first-order valence-electron chi connectivity index (χ1n) is 10.9. The molecule has 2 atom stereocenters. The molecule has 1 aromatic heterocycles. The third-order valence-electron chi connectivity index (χ3n) is 6.20. The van der Waals surface area contributed by atoms with Gasteiger partial charge in [0.1, 0.15) is 18.9 Å². The van der Waals surface area contributed by atoms with Crippen LogP contribution in [0.25, 0.3) is 0 Å². The first-order valence-corrected chi connectivity index (χ1v) is 11.8. The third-order valence-corrected chi connectivity index (χ3v) is 7.20. The van der Waals surface area contributed by atoms with Crippen molar-refractivity contribution < 1.29 is 14.3 Å². The molecule has 1 aliphatic carbocycles. The molecule has 160 valence electrons. The topological polar surface area (TPSA) is 49.9 Å². The molecule has 2 unspecified atom stereocenters. The highest BCUT2D eigenvalue weighted by molar-refractivity contribution is 7.10. The fourth-order valence-electron chi connectivity index (χ4n) is 4.04. The second-order valence-corrected chi connectivity index (χ2v) is 9.27. The Balaban J connectivity index is 1.51. The van der Waals surface area contributed by atoms with E-state index in [-0.39, 0.29) is 36.4 Å². The van der Waals surface area contributed by atoms with Gasteiger partial charge in [-0.1, -0.05) is 25.1 Å². The maximum Gasteiger partial charge on any atom is 0.242 e. The van der Waals surface area contributed by atoms with E-state index in [1.165, 1.54) is 10.4 Å². The fraction of sp³-hybridized carbons (Fsp3) is 0.500. The number of ether oxygens (including phenoxy) is 1. The van der Waals surface area contributed by atoms with Crippen molar-refractivity contribution in [2.24, 2.45) is 5.92 Å². The van der Waals surface area contributed by atoms with Crippen molar-refractivity contribution in [3.05, 3.63) is 52.2 Å². The summed E-state index contributed by atoms with van der Waals surface area (Å²) in [5.41, 5.74) is 1.18. The fourth-order valence-corrected chi connectivity index (χ4v) is 4.97. The van der Waals surface area contributed by atoms with Crippen molar-refractivity contribution in [1.29, 1.82) is 0 Å². The predicted molar refractivity (Wildman–Crippen MR) is 119 cm³/mol. The number of fused-ring (bicyclic) bond motifs is 1. The zero-order valence-corrected chi connectivity index (χ0v) is 18.6. The lowest BCUT2D eigenvalue weighted by Gasteiger charge is -2.38. The lowest BCUT2D eigenvalue weighted by atomic mass is 10.00. The van der Waals surface area contributed by atoms with E-state index in [1.54, 1.807) is 16.2 Å². The summed E-state index contributed by atoms with van der Waals surface area (Å²) in [5, 5.41) is 2.09. The van der Waals surface area contributed by atoms with Crippen molar-refractivity contribution in [2.45, 2.75) is 51.6 Å². The molecule has 1 aromatic carbocycles. The zero-order chi connectivity index (χ0) is 21.1. The molecule has 2 aliphatic rings. The summed E-state index contributed by atoms with van der Waals surface area (Å²) in [7, 11) is 0. The number of hydrogen-bond acceptors (Lipinski definition) is 4. The predicted octanol–water partition coefficient (Wildman–Crippen LogP) is 4.29. The standard InChI is InChI=1S/C24H30N2O3S/c1-3-17(2)26(24(28)18-9-10-18)15-23(27)25-13-11-22-20(12-14-30-22)21(25)16-29-19-7-5-4-6-8-19/h4-8,12,14,17-18,21H,3,9-11,13,15-16H2,1-2H3. The molecule has 5 nitrogen and oxygen atoms in total. The molecule has 0 radical (unpaired) electrons. The molecule has 0 spiro atoms. The van der Waals surface area contributed by atoms with E-state index in [4.69, 9.17) is 4.74 Å². The highest BCUT2D eigenvalue weighted by Crippen LogP contribution is 2.35. The molecule has 1 saturated carbocycles. The van der Waals surface area contributed by atoms with E-state index in [1.807, 2.05) is 42.2 Å². The number of hydrogen-bond donors (Lipinski definition) is 0. The summed E-state index contributed by atoms with van der Waals surface area (Å²) >= 11 is 1.75. The van der Waals surface area contributed by atoms with Crippen LogP contribution in [-0.2, 0) is 16.0 Å². The second kappa shape index (κ2) is 9.21. The van der Waals surface area contributed by atoms with E-state index in [9.17, 15) is 9.59 Å². The Morgan fingerprint density at radius 2 is 2.00 bits per heavy atom. The van der Waals surface area contributed by atoms with Gasteiger partial charge in [-0.15, -0.1) is 11.3 Å². The van der Waals surface area contributed by atoms with Gasteiger partial charge in [0, 0.05) is 23.4 Å². The van der Waals surface area contributed by atoms with Crippen molar-refractivity contribution in [3.63, 3.8) is 0 Å². The molecule has 2 aromatic rings. The highest BCUT2D eigenvalue weighted by Gasteiger charge is 2.38. The Labute approximate surface area is 182 Å². The summed E-state index contributed by atoms with van der Waals surface area (Å²) in [6.07, 6.45) is 3.62. The molecule has 2 heterocycles. The van der Waals surface area contributed by atoms with E-state index in [2.05, 4.69) is 18.4 Å². The normalized spacial score (nSPS) is 19.1. The van der Waals surface area contributed by atoms with E-state index < -0.39 is 0 Å². The van der Waals surface area contributed by atoms with E-state index in [0.717, 1.165) is 31.4 Å². The van der Waals surface area contributed by atoms with Crippen LogP contribution in [0, 0.1) is 5.92 Å². The minimum Gasteiger partial charge on any atom is -0.491 e. The molecular weight excluding hydrogens is 396 g/mol. The molecule has 1 fully saturated rings. The van der Waals surface area contributed by atoms with Crippen LogP contribution in [0.2, 0.25) is 0 Å². The van der Waals surface area contributed by atoms with Crippen molar-refractivity contribution in [3.8, 4) is 5.75 Å². The molecular formula is C24H30N2O3S. The molecule has 6 heteroatoms. The first-order chi connectivity index (χ1) is 14.6. The second-order valence-electron chi connectivity index (χ2n) is 8.27. The molecule has 0 saturated heterocycles. The molecule has 30 heavy (non-hydrogen) atoms. The average Bonchev–Trinajstić information content (AvgIpc) is 3.52. The summed E-state index contributed by atoms with van der Waals surface area (Å²) in [6, 6.07) is 11.8. The minimum atomic E-state index is -0.123. The summed E-state index contributed by atoms with van der Waals surface area (Å²) in [4.78, 5) is 31.3. The van der Waals surface area contributed by atoms with Crippen molar-refractivity contribution >= 4 is 23.2 Å². The molecule has 1 aliphatic heterocycles. The van der Waals surface area contributed by atoms with Gasteiger partial charge in [0.05, 0.1) is 6.04 Å². The largest absolute Gasteiger partial charge is 0.491 e. The summed E-state index contributed by atoms with van der Waals surface area (Å²) in [6.45, 7) is 5.35. The van der Waals surface area contributed by atoms with Crippen LogP contribution >= 0.6 is 11.3 Å². The van der Waals surface area contributed by atoms with Crippen LogP contribution in [0.15, 0.2) is 41.8 Å². The van der Waals surface area contributed by atoms with Gasteiger partial charge >= 0.3 is 0 Å². The Morgan fingerprint density at radius 3 is 2.70 bits per heavy atom. The summed E-state index contributed by atoms with van der Waals surface area (Å²) in [5.74, 6) is 1.08. The summed E-state index contributed by atoms with van der Waals surface area (Å²) < 4.78 is 6.05. The van der Waals surface area contributed by atoms with Gasteiger partial charge in [0.2, 0.25) is 11.8 Å². The molecule has 0 bridgehead atoms. The number of rotatable bonds is 8. The van der Waals surface area contributed by atoms with Crippen LogP contribution in [0.5, 0.6) is 5.75 Å². The third kappa shape index (κ3) is 4.53. The van der Waals surface area contributed by atoms with Crippen molar-refractivity contribution in [1.82, 2.24) is 9.80 Å². The Hall–Kier alpha value is -2.34. The van der Waals surface area contributed by atoms with Gasteiger partial charge in [0.25, 0.3) is 0 Å². The van der Waals surface area contributed by atoms with Gasteiger partial charge < -0.3 is 14.5 Å². The molecule has 2 amide bonds. The first kappa shape index (κ1) is 20.9. The van der Waals surface area contributed by atoms with Crippen LogP contribution in [0.1, 0.15) is 49.6 Å². The Morgan fingerprint density at radius 1 is 1.23 bits per heavy atom. The van der Waals surface area contributed by atoms with Crippen LogP contribution < -0.4 is 4.74 Å². The lowest BCUT2D eigenvalue weighted by molar-refractivity contribution is -0.145. The maximum atomic E-state index is 13.4. The average molecular weight is 427 g/mol. The molecule has 4 rings (SSSR count). The van der Waals surface area contributed by atoms with Gasteiger partial charge in [-0.3, -0.25) is 9.59 Å². The monoisotopic (exact) mass is 426 g/mol. The Kier molecular flexibility index (Phi) is 6.42. The number of carbonyl (C=O) groups excluding carboxylic acids is 2. The van der Waals surface area contributed by atoms with Crippen LogP contribution in [0.3, 0.4) is 0 Å². The minimum absolute atomic E-state index is 0.0165. The zero-order valence-electron chi connectivity index (χ0n) is 17.8. The van der Waals surface area contributed by atoms with Gasteiger partial charge in [-0.25, -0.2) is 0 Å². The van der Waals surface area contributed by atoms with E-state index >= 15 is 0 Å². The van der Waals surface area contributed by atoms with E-state index in [0.29, 0.717) is 13.2 Å². The number of carbonyl (C=O) groups is 2. The quantitative estimate of drug-likeness (QED) is 0.633. The van der Waals surface area contributed by atoms with Crippen LogP contribution in [0.4, 0.5) is 0 Å². The van der Waals surface area contributed by atoms with Gasteiger partial charge in [0.15, 0.2) is 0 Å². The van der Waals surface area contributed by atoms with Gasteiger partial charge in [-0.05, 0) is 61.7 Å². The maximum absolute atomic E-state index is 13.4. The Bertz CT molecular complexity index is 878. The van der Waals surface area contributed by atoms with Gasteiger partial charge in [-0.2, -0.15) is 0 Å². The smallest absolute Gasteiger partial charge is 0.242 e. The van der Waals surface area contributed by atoms with Crippen LogP contribution in [-0.4, -0.2) is 47.4 Å². The van der Waals surface area contributed by atoms with Crippen molar-refractivity contribution in [2.75, 3.05) is 19.7 Å². The SMILES string of the molecule is CCC(C)N(CC(=O)N1CCc2sccc2C1COc1ccccc1)C(=O)C1CC1. The highest BCUT2D eigenvalue weighted by atomic mass is 32.1. The number of amides is 2. The number of benzene rings is 1. The number of para-hydroxylation sites is 1. The number of thiophene rings is 1. The number of nitrogens with zero attached hydrogens (tertiary/aromatic N) is 2.